The van der Waals surface area contributed by atoms with Gasteiger partial charge in [0.1, 0.15) is 5.60 Å². The van der Waals surface area contributed by atoms with Gasteiger partial charge in [0.05, 0.1) is 0 Å². The number of thiophene rings is 1. The third kappa shape index (κ3) is 7.09. The molecular weight excluding hydrogens is 296 g/mol. The first-order valence-corrected chi connectivity index (χ1v) is 8.43. The molecule has 0 aromatic carbocycles. The normalized spacial score (nSPS) is 13.4. The van der Waals surface area contributed by atoms with E-state index in [2.05, 4.69) is 37.5 Å². The number of ether oxygens (including phenoxy) is 1. The average Bonchev–Trinajstić information content (AvgIpc) is 2.70. The highest BCUT2D eigenvalue weighted by atomic mass is 32.1. The molecule has 22 heavy (non-hydrogen) atoms. The molecule has 1 aromatic heterocycles. The summed E-state index contributed by atoms with van der Waals surface area (Å²) < 4.78 is 5.16. The quantitative estimate of drug-likeness (QED) is 0.775. The van der Waals surface area contributed by atoms with E-state index in [4.69, 9.17) is 4.74 Å². The Balaban J connectivity index is 2.24. The van der Waals surface area contributed by atoms with Gasteiger partial charge in [-0.15, -0.1) is 11.3 Å². The third-order valence-corrected chi connectivity index (χ3v) is 4.00. The minimum atomic E-state index is -0.457. The molecule has 1 aromatic rings. The molecule has 0 fully saturated rings. The Bertz CT molecular complexity index is 515. The second-order valence-electron chi connectivity index (χ2n) is 6.35. The number of hydrogen-bond acceptors (Lipinski definition) is 4. The van der Waals surface area contributed by atoms with Crippen molar-refractivity contribution in [2.45, 2.75) is 53.2 Å². The molecule has 5 heteroatoms. The minimum absolute atomic E-state index is 0.327. The Morgan fingerprint density at radius 1 is 1.32 bits per heavy atom. The molecule has 0 aliphatic carbocycles. The summed E-state index contributed by atoms with van der Waals surface area (Å²) in [6.07, 6.45) is 3.56. The fourth-order valence-electron chi connectivity index (χ4n) is 2.06. The maximum Gasteiger partial charge on any atom is 0.407 e. The summed E-state index contributed by atoms with van der Waals surface area (Å²) in [7, 11) is 0. The summed E-state index contributed by atoms with van der Waals surface area (Å²) in [6.45, 7) is 13.3. The highest BCUT2D eigenvalue weighted by molar-refractivity contribution is 7.12. The number of carbonyl (C=O) groups is 1. The lowest BCUT2D eigenvalue weighted by atomic mass is 10.1. The molecule has 1 heterocycles. The molecular formula is C17H28N2O2S. The van der Waals surface area contributed by atoms with Crippen molar-refractivity contribution in [2.24, 2.45) is 0 Å². The molecule has 0 saturated carbocycles. The number of nitrogens with one attached hydrogen (secondary N) is 2. The van der Waals surface area contributed by atoms with Gasteiger partial charge < -0.3 is 15.4 Å². The van der Waals surface area contributed by atoms with Gasteiger partial charge in [-0.25, -0.2) is 4.79 Å². The molecule has 0 spiro atoms. The lowest BCUT2D eigenvalue weighted by Crippen LogP contribution is -2.32. The predicted molar refractivity (Wildman–Crippen MR) is 93.6 cm³/mol. The summed E-state index contributed by atoms with van der Waals surface area (Å²) in [5, 5.41) is 6.15. The van der Waals surface area contributed by atoms with E-state index < -0.39 is 5.60 Å². The summed E-state index contributed by atoms with van der Waals surface area (Å²) in [5.74, 6) is 0. The molecule has 4 nitrogen and oxygen atoms in total. The zero-order valence-corrected chi connectivity index (χ0v) is 15.3. The SMILES string of the molecule is Cc1cc(C(C)NC/C=C/CNC(=O)OC(C)(C)C)c(C)s1. The smallest absolute Gasteiger partial charge is 0.407 e. The van der Waals surface area contributed by atoms with Crippen molar-refractivity contribution in [3.8, 4) is 0 Å². The Morgan fingerprint density at radius 2 is 1.95 bits per heavy atom. The maximum absolute atomic E-state index is 11.4. The van der Waals surface area contributed by atoms with Crippen molar-refractivity contribution < 1.29 is 9.53 Å². The van der Waals surface area contributed by atoms with Crippen molar-refractivity contribution in [3.63, 3.8) is 0 Å². The molecule has 1 unspecified atom stereocenters. The summed E-state index contributed by atoms with van der Waals surface area (Å²) in [5.41, 5.74) is 0.907. The Kier molecular flexibility index (Phi) is 7.10. The van der Waals surface area contributed by atoms with Crippen LogP contribution in [0.4, 0.5) is 4.79 Å². The van der Waals surface area contributed by atoms with Gasteiger partial charge in [-0.05, 0) is 53.2 Å². The average molecular weight is 324 g/mol. The number of carbonyl (C=O) groups excluding carboxylic acids is 1. The van der Waals surface area contributed by atoms with Crippen molar-refractivity contribution in [2.75, 3.05) is 13.1 Å². The van der Waals surface area contributed by atoms with E-state index in [1.165, 1.54) is 15.3 Å². The zero-order valence-electron chi connectivity index (χ0n) is 14.4. The van der Waals surface area contributed by atoms with Crippen molar-refractivity contribution in [1.29, 1.82) is 0 Å². The molecule has 2 N–H and O–H groups in total. The lowest BCUT2D eigenvalue weighted by Gasteiger charge is -2.19. The van der Waals surface area contributed by atoms with E-state index in [1.807, 2.05) is 44.3 Å². The summed E-state index contributed by atoms with van der Waals surface area (Å²) >= 11 is 1.83. The van der Waals surface area contributed by atoms with E-state index in [0.29, 0.717) is 12.6 Å². The lowest BCUT2D eigenvalue weighted by molar-refractivity contribution is 0.0534. The second-order valence-corrected chi connectivity index (χ2v) is 7.81. The zero-order chi connectivity index (χ0) is 16.8. The molecule has 0 radical (unpaired) electrons. The first kappa shape index (κ1) is 18.7. The molecule has 1 amide bonds. The Hall–Kier alpha value is -1.33. The Labute approximate surface area is 138 Å². The van der Waals surface area contributed by atoms with Gasteiger partial charge in [0.2, 0.25) is 0 Å². The van der Waals surface area contributed by atoms with Crippen LogP contribution in [0.3, 0.4) is 0 Å². The largest absolute Gasteiger partial charge is 0.444 e. The highest BCUT2D eigenvalue weighted by Crippen LogP contribution is 2.25. The van der Waals surface area contributed by atoms with Crippen LogP contribution in [-0.2, 0) is 4.74 Å². The number of amides is 1. The van der Waals surface area contributed by atoms with Gasteiger partial charge in [0.25, 0.3) is 0 Å². The van der Waals surface area contributed by atoms with E-state index in [-0.39, 0.29) is 6.09 Å². The summed E-state index contributed by atoms with van der Waals surface area (Å²) in [6, 6.07) is 2.57. The first-order chi connectivity index (χ1) is 10.2. The molecule has 0 saturated heterocycles. The second kappa shape index (κ2) is 8.34. The van der Waals surface area contributed by atoms with Crippen LogP contribution in [0.25, 0.3) is 0 Å². The van der Waals surface area contributed by atoms with Crippen LogP contribution in [0.5, 0.6) is 0 Å². The van der Waals surface area contributed by atoms with Crippen LogP contribution in [0.1, 0.15) is 49.1 Å². The van der Waals surface area contributed by atoms with Gasteiger partial charge in [0, 0.05) is 28.9 Å². The minimum Gasteiger partial charge on any atom is -0.444 e. The molecule has 1 rings (SSSR count). The van der Waals surface area contributed by atoms with Crippen LogP contribution in [-0.4, -0.2) is 24.8 Å². The summed E-state index contributed by atoms with van der Waals surface area (Å²) in [4.78, 5) is 14.2. The topological polar surface area (TPSA) is 50.4 Å². The van der Waals surface area contributed by atoms with Crippen LogP contribution < -0.4 is 10.6 Å². The fraction of sp³-hybridized carbons (Fsp3) is 0.588. The first-order valence-electron chi connectivity index (χ1n) is 7.61. The number of rotatable bonds is 6. The monoisotopic (exact) mass is 324 g/mol. The number of alkyl carbamates (subject to hydrolysis) is 1. The standard InChI is InChI=1S/C17H28N2O2S/c1-12-11-15(14(3)22-12)13(2)18-9-7-8-10-19-16(20)21-17(4,5)6/h7-8,11,13,18H,9-10H2,1-6H3,(H,19,20)/b8-7+. The van der Waals surface area contributed by atoms with Crippen molar-refractivity contribution in [3.05, 3.63) is 33.5 Å². The molecule has 1 atom stereocenters. The van der Waals surface area contributed by atoms with E-state index in [0.717, 1.165) is 6.54 Å². The van der Waals surface area contributed by atoms with Crippen LogP contribution in [0.15, 0.2) is 18.2 Å². The van der Waals surface area contributed by atoms with E-state index in [1.54, 1.807) is 0 Å². The van der Waals surface area contributed by atoms with Crippen molar-refractivity contribution >= 4 is 17.4 Å². The van der Waals surface area contributed by atoms with Crippen LogP contribution >= 0.6 is 11.3 Å². The van der Waals surface area contributed by atoms with Gasteiger partial charge in [-0.2, -0.15) is 0 Å². The van der Waals surface area contributed by atoms with E-state index >= 15 is 0 Å². The van der Waals surface area contributed by atoms with Crippen molar-refractivity contribution in [1.82, 2.24) is 10.6 Å². The van der Waals surface area contributed by atoms with Crippen LogP contribution in [0, 0.1) is 13.8 Å². The van der Waals surface area contributed by atoms with Gasteiger partial charge in [-0.3, -0.25) is 0 Å². The number of hydrogen-bond donors (Lipinski definition) is 2. The van der Waals surface area contributed by atoms with Crippen LogP contribution in [0.2, 0.25) is 0 Å². The molecule has 124 valence electrons. The highest BCUT2D eigenvalue weighted by Gasteiger charge is 2.15. The fourth-order valence-corrected chi connectivity index (χ4v) is 3.08. The molecule has 0 aliphatic heterocycles. The third-order valence-electron chi connectivity index (χ3n) is 3.02. The Morgan fingerprint density at radius 3 is 2.50 bits per heavy atom. The van der Waals surface area contributed by atoms with E-state index in [9.17, 15) is 4.79 Å². The van der Waals surface area contributed by atoms with Gasteiger partial charge >= 0.3 is 6.09 Å². The number of aryl methyl sites for hydroxylation is 2. The van der Waals surface area contributed by atoms with Gasteiger partial charge in [-0.1, -0.05) is 12.2 Å². The maximum atomic E-state index is 11.4. The molecule has 0 aliphatic rings. The molecule has 0 bridgehead atoms. The van der Waals surface area contributed by atoms with Gasteiger partial charge in [0.15, 0.2) is 0 Å². The predicted octanol–water partition coefficient (Wildman–Crippen LogP) is 4.10.